The molecule has 2 N–H and O–H groups in total. The lowest BCUT2D eigenvalue weighted by Gasteiger charge is -2.33. The van der Waals surface area contributed by atoms with E-state index in [1.807, 2.05) is 6.07 Å². The van der Waals surface area contributed by atoms with E-state index in [9.17, 15) is 4.79 Å². The molecule has 2 aromatic heterocycles. The van der Waals surface area contributed by atoms with Crippen LogP contribution in [0.25, 0.3) is 6.08 Å². The number of benzene rings is 1. The lowest BCUT2D eigenvalue weighted by atomic mass is 9.69. The maximum atomic E-state index is 12.5. The molecule has 4 nitrogen and oxygen atoms in total. The Bertz CT molecular complexity index is 970. The molecule has 1 unspecified atom stereocenters. The average molecular weight is 361 g/mol. The third-order valence-electron chi connectivity index (χ3n) is 5.33. The molecule has 2 heterocycles. The smallest absolute Gasteiger partial charge is 0.272 e. The number of H-pyrrole nitrogens is 1. The van der Waals surface area contributed by atoms with E-state index in [2.05, 4.69) is 68.8 Å². The number of allylic oxidation sites excluding steroid dienone is 1. The van der Waals surface area contributed by atoms with E-state index in [0.717, 1.165) is 30.5 Å². The number of aromatic amines is 1. The van der Waals surface area contributed by atoms with Crippen LogP contribution in [0.1, 0.15) is 45.7 Å². The third-order valence-corrected chi connectivity index (χ3v) is 6.01. The number of carbonyl (C=O) groups excluding carboxylic acids is 1. The second-order valence-electron chi connectivity index (χ2n) is 7.07. The summed E-state index contributed by atoms with van der Waals surface area (Å²) in [5.41, 5.74) is 4.74. The van der Waals surface area contributed by atoms with Gasteiger partial charge in [-0.3, -0.25) is 9.89 Å². The number of aromatic nitrogens is 2. The molecule has 130 valence electrons. The van der Waals surface area contributed by atoms with Crippen molar-refractivity contribution in [3.63, 3.8) is 0 Å². The van der Waals surface area contributed by atoms with Gasteiger partial charge in [-0.25, -0.2) is 0 Å². The molecule has 5 rings (SSSR count). The molecule has 0 radical (unpaired) electrons. The highest BCUT2D eigenvalue weighted by Crippen LogP contribution is 2.42. The van der Waals surface area contributed by atoms with Gasteiger partial charge in [-0.15, -0.1) is 0 Å². The van der Waals surface area contributed by atoms with Crippen LogP contribution in [0.5, 0.6) is 0 Å². The molecule has 1 aromatic carbocycles. The van der Waals surface area contributed by atoms with E-state index in [1.54, 1.807) is 11.3 Å². The van der Waals surface area contributed by atoms with Gasteiger partial charge >= 0.3 is 0 Å². The second kappa shape index (κ2) is 5.95. The summed E-state index contributed by atoms with van der Waals surface area (Å²) in [5.74, 6) is -0.0719. The van der Waals surface area contributed by atoms with Crippen LogP contribution in [0.4, 0.5) is 0 Å². The minimum Gasteiger partial charge on any atom is -0.348 e. The minimum absolute atomic E-state index is 0.0719. The Morgan fingerprint density at radius 3 is 2.77 bits per heavy atom. The maximum Gasteiger partial charge on any atom is 0.272 e. The van der Waals surface area contributed by atoms with Crippen LogP contribution in [0.2, 0.25) is 0 Å². The zero-order valence-corrected chi connectivity index (χ0v) is 15.1. The van der Waals surface area contributed by atoms with E-state index >= 15 is 0 Å². The number of hydrogen-bond donors (Lipinski definition) is 2. The molecule has 1 atom stereocenters. The van der Waals surface area contributed by atoms with E-state index in [0.29, 0.717) is 11.7 Å². The lowest BCUT2D eigenvalue weighted by Crippen LogP contribution is -2.30. The van der Waals surface area contributed by atoms with Crippen LogP contribution in [-0.2, 0) is 11.8 Å². The van der Waals surface area contributed by atoms with Crippen LogP contribution in [0.15, 0.2) is 53.2 Å². The average Bonchev–Trinajstić information content (AvgIpc) is 3.16. The Morgan fingerprint density at radius 1 is 1.19 bits per heavy atom. The topological polar surface area (TPSA) is 57.8 Å². The van der Waals surface area contributed by atoms with Crippen molar-refractivity contribution in [3.05, 3.63) is 81.3 Å². The molecular formula is C21H19N3OS. The molecule has 1 fully saturated rings. The van der Waals surface area contributed by atoms with Crippen LogP contribution < -0.4 is 5.32 Å². The van der Waals surface area contributed by atoms with Gasteiger partial charge in [0.25, 0.3) is 5.91 Å². The third kappa shape index (κ3) is 2.51. The summed E-state index contributed by atoms with van der Waals surface area (Å²) in [4.78, 5) is 12.5. The van der Waals surface area contributed by atoms with Gasteiger partial charge in [0.05, 0.1) is 0 Å². The quantitative estimate of drug-likeness (QED) is 0.740. The van der Waals surface area contributed by atoms with Gasteiger partial charge in [0, 0.05) is 29.1 Å². The highest BCUT2D eigenvalue weighted by molar-refractivity contribution is 7.08. The van der Waals surface area contributed by atoms with Crippen molar-refractivity contribution in [1.82, 2.24) is 15.5 Å². The molecule has 26 heavy (non-hydrogen) atoms. The van der Waals surface area contributed by atoms with E-state index in [1.165, 1.54) is 11.1 Å². The number of hydrogen-bond acceptors (Lipinski definition) is 3. The first-order chi connectivity index (χ1) is 12.8. The maximum absolute atomic E-state index is 12.5. The van der Waals surface area contributed by atoms with Crippen LogP contribution in [0.3, 0.4) is 0 Å². The first-order valence-electron chi connectivity index (χ1n) is 8.92. The lowest BCUT2D eigenvalue weighted by molar-refractivity contribution is 0.0946. The van der Waals surface area contributed by atoms with Gasteiger partial charge in [0.2, 0.25) is 0 Å². The van der Waals surface area contributed by atoms with Crippen LogP contribution >= 0.6 is 11.3 Å². The van der Waals surface area contributed by atoms with Crippen molar-refractivity contribution in [2.24, 2.45) is 0 Å². The summed E-state index contributed by atoms with van der Waals surface area (Å²) in [6, 6.07) is 13.1. The van der Waals surface area contributed by atoms with Crippen molar-refractivity contribution < 1.29 is 4.79 Å². The number of rotatable bonds is 4. The first kappa shape index (κ1) is 15.6. The molecule has 0 saturated heterocycles. The summed E-state index contributed by atoms with van der Waals surface area (Å²) in [7, 11) is 0. The predicted octanol–water partition coefficient (Wildman–Crippen LogP) is 3.92. The van der Waals surface area contributed by atoms with Crippen LogP contribution in [0, 0.1) is 0 Å². The van der Waals surface area contributed by atoms with Gasteiger partial charge in [-0.05, 0) is 40.8 Å². The van der Waals surface area contributed by atoms with Gasteiger partial charge in [0.1, 0.15) is 0 Å². The van der Waals surface area contributed by atoms with Crippen molar-refractivity contribution >= 4 is 23.3 Å². The molecule has 3 aromatic rings. The fraction of sp³-hybridized carbons (Fsp3) is 0.238. The van der Waals surface area contributed by atoms with Crippen LogP contribution in [-0.4, -0.2) is 22.1 Å². The Morgan fingerprint density at radius 2 is 2.04 bits per heavy atom. The molecule has 0 spiro atoms. The molecular weight excluding hydrogens is 342 g/mol. The zero-order valence-electron chi connectivity index (χ0n) is 14.2. The molecule has 0 bridgehead atoms. The van der Waals surface area contributed by atoms with Crippen molar-refractivity contribution in [2.45, 2.75) is 30.7 Å². The summed E-state index contributed by atoms with van der Waals surface area (Å²) in [6.07, 6.45) is 7.21. The number of carbonyl (C=O) groups is 1. The fourth-order valence-electron chi connectivity index (χ4n) is 3.74. The summed E-state index contributed by atoms with van der Waals surface area (Å²) in [5, 5.41) is 14.8. The standard InChI is InChI=1S/C21H19N3OS/c25-20(22-16-6-7-16)19-17-8-10-21(12-18(17)23-24-19,15-9-11-26-13-15)14-4-2-1-3-5-14/h1-5,8-11,13,16H,6-7,12H2,(H,22,25)(H,23,24). The molecule has 2 aliphatic rings. The van der Waals surface area contributed by atoms with Crippen molar-refractivity contribution in [1.29, 1.82) is 0 Å². The number of nitrogens with one attached hydrogen (secondary N) is 2. The van der Waals surface area contributed by atoms with Crippen molar-refractivity contribution in [2.75, 3.05) is 0 Å². The van der Waals surface area contributed by atoms with Gasteiger partial charge in [-0.1, -0.05) is 42.5 Å². The predicted molar refractivity (Wildman–Crippen MR) is 103 cm³/mol. The highest BCUT2D eigenvalue weighted by atomic mass is 32.1. The summed E-state index contributed by atoms with van der Waals surface area (Å²) < 4.78 is 0. The monoisotopic (exact) mass is 361 g/mol. The van der Waals surface area contributed by atoms with E-state index in [-0.39, 0.29) is 11.3 Å². The zero-order chi connectivity index (χ0) is 17.6. The summed E-state index contributed by atoms with van der Waals surface area (Å²) >= 11 is 1.71. The fourth-order valence-corrected chi connectivity index (χ4v) is 4.48. The van der Waals surface area contributed by atoms with Crippen molar-refractivity contribution in [3.8, 4) is 0 Å². The molecule has 0 aliphatic heterocycles. The number of thiophene rings is 1. The first-order valence-corrected chi connectivity index (χ1v) is 9.86. The SMILES string of the molecule is O=C(NC1CC1)c1n[nH]c2c1C=CC(c1ccccc1)(c1ccsc1)C2. The Balaban J connectivity index is 1.57. The van der Waals surface area contributed by atoms with E-state index < -0.39 is 0 Å². The number of amides is 1. The van der Waals surface area contributed by atoms with Gasteiger partial charge in [0.15, 0.2) is 5.69 Å². The Hall–Kier alpha value is -2.66. The summed E-state index contributed by atoms with van der Waals surface area (Å²) in [6.45, 7) is 0. The highest BCUT2D eigenvalue weighted by Gasteiger charge is 2.37. The molecule has 1 saturated carbocycles. The normalized spacial score (nSPS) is 21.4. The largest absolute Gasteiger partial charge is 0.348 e. The Labute approximate surface area is 156 Å². The molecule has 5 heteroatoms. The Kier molecular flexibility index (Phi) is 3.57. The minimum atomic E-state index is -0.231. The van der Waals surface area contributed by atoms with Gasteiger partial charge in [-0.2, -0.15) is 16.4 Å². The second-order valence-corrected chi connectivity index (χ2v) is 7.85. The molecule has 1 amide bonds. The number of fused-ring (bicyclic) bond motifs is 1. The number of nitrogens with zero attached hydrogens (tertiary/aromatic N) is 1. The van der Waals surface area contributed by atoms with E-state index in [4.69, 9.17) is 0 Å². The van der Waals surface area contributed by atoms with Gasteiger partial charge < -0.3 is 5.32 Å². The molecule has 2 aliphatic carbocycles.